The molecular weight excluding hydrogens is 448 g/mol. The van der Waals surface area contributed by atoms with Crippen LogP contribution in [0.4, 0.5) is 0 Å². The molecule has 0 atom stereocenters. The van der Waals surface area contributed by atoms with E-state index in [4.69, 9.17) is 0 Å². The van der Waals surface area contributed by atoms with Crippen LogP contribution in [0.15, 0.2) is 72.1 Å². The molecule has 0 spiro atoms. The van der Waals surface area contributed by atoms with E-state index < -0.39 is 0 Å². The SMILES string of the molecule is CCCCCCc1ccc(-c2cc(-c3ccc(-c4ccc(CCCCCC)cc4)s3)cs2)cc1. The van der Waals surface area contributed by atoms with Gasteiger partial charge in [-0.15, -0.1) is 22.7 Å². The van der Waals surface area contributed by atoms with Crippen LogP contribution < -0.4 is 0 Å². The maximum Gasteiger partial charge on any atom is 0.0357 e. The van der Waals surface area contributed by atoms with E-state index in [1.54, 1.807) is 0 Å². The molecule has 0 saturated carbocycles. The van der Waals surface area contributed by atoms with Gasteiger partial charge >= 0.3 is 0 Å². The van der Waals surface area contributed by atoms with Gasteiger partial charge in [0.15, 0.2) is 0 Å². The Morgan fingerprint density at radius 2 is 1.00 bits per heavy atom. The fourth-order valence-electron chi connectivity index (χ4n) is 4.45. The molecule has 0 amide bonds. The summed E-state index contributed by atoms with van der Waals surface area (Å²) in [7, 11) is 0. The van der Waals surface area contributed by atoms with Crippen molar-refractivity contribution >= 4 is 22.7 Å². The fraction of sp³-hybridized carbons (Fsp3) is 0.375. The van der Waals surface area contributed by atoms with Crippen molar-refractivity contribution < 1.29 is 0 Å². The van der Waals surface area contributed by atoms with Crippen LogP contribution >= 0.6 is 22.7 Å². The lowest BCUT2D eigenvalue weighted by Gasteiger charge is -2.03. The molecule has 0 aliphatic heterocycles. The second-order valence-electron chi connectivity index (χ2n) is 9.38. The Labute approximate surface area is 214 Å². The molecular formula is C32H38S2. The molecule has 4 aromatic rings. The van der Waals surface area contributed by atoms with E-state index in [0.29, 0.717) is 0 Å². The number of benzene rings is 2. The monoisotopic (exact) mass is 486 g/mol. The number of aryl methyl sites for hydroxylation is 2. The summed E-state index contributed by atoms with van der Waals surface area (Å²) in [5, 5.41) is 2.31. The smallest absolute Gasteiger partial charge is 0.0357 e. The van der Waals surface area contributed by atoms with Crippen molar-refractivity contribution in [1.82, 2.24) is 0 Å². The van der Waals surface area contributed by atoms with Crippen LogP contribution in [-0.4, -0.2) is 0 Å². The highest BCUT2D eigenvalue weighted by molar-refractivity contribution is 7.19. The first-order valence-electron chi connectivity index (χ1n) is 13.1. The third-order valence-corrected chi connectivity index (χ3v) is 8.77. The minimum absolute atomic E-state index is 1.20. The van der Waals surface area contributed by atoms with Gasteiger partial charge in [0.25, 0.3) is 0 Å². The van der Waals surface area contributed by atoms with Crippen LogP contribution in [-0.2, 0) is 12.8 Å². The maximum atomic E-state index is 2.36. The Morgan fingerprint density at radius 1 is 0.500 bits per heavy atom. The number of thiophene rings is 2. The van der Waals surface area contributed by atoms with Gasteiger partial charge in [0.2, 0.25) is 0 Å². The lowest BCUT2D eigenvalue weighted by Crippen LogP contribution is -1.85. The van der Waals surface area contributed by atoms with Crippen molar-refractivity contribution in [2.45, 2.75) is 78.1 Å². The lowest BCUT2D eigenvalue weighted by atomic mass is 10.0. The van der Waals surface area contributed by atoms with Gasteiger partial charge < -0.3 is 0 Å². The molecule has 0 fully saturated rings. The predicted octanol–water partition coefficient (Wildman–Crippen LogP) is 11.1. The summed E-state index contributed by atoms with van der Waals surface area (Å²) in [5.41, 5.74) is 6.93. The normalized spacial score (nSPS) is 11.2. The van der Waals surface area contributed by atoms with Crippen LogP contribution in [0.1, 0.15) is 76.3 Å². The van der Waals surface area contributed by atoms with Crippen LogP contribution in [0.5, 0.6) is 0 Å². The molecule has 0 nitrogen and oxygen atoms in total. The molecule has 0 unspecified atom stereocenters. The van der Waals surface area contributed by atoms with E-state index in [1.807, 2.05) is 22.7 Å². The molecule has 0 aliphatic rings. The van der Waals surface area contributed by atoms with E-state index in [-0.39, 0.29) is 0 Å². The Balaban J connectivity index is 1.37. The number of hydrogen-bond donors (Lipinski definition) is 0. The molecule has 0 bridgehead atoms. The van der Waals surface area contributed by atoms with Crippen molar-refractivity contribution in [2.24, 2.45) is 0 Å². The van der Waals surface area contributed by atoms with Gasteiger partial charge in [-0.25, -0.2) is 0 Å². The van der Waals surface area contributed by atoms with Gasteiger partial charge in [-0.05, 0) is 66.1 Å². The number of unbranched alkanes of at least 4 members (excludes halogenated alkanes) is 6. The van der Waals surface area contributed by atoms with E-state index in [0.717, 1.165) is 0 Å². The van der Waals surface area contributed by atoms with Crippen molar-refractivity contribution in [1.29, 1.82) is 0 Å². The zero-order valence-corrected chi connectivity index (χ0v) is 22.4. The maximum absolute atomic E-state index is 2.36. The summed E-state index contributed by atoms with van der Waals surface area (Å²) in [6.45, 7) is 4.54. The van der Waals surface area contributed by atoms with Crippen molar-refractivity contribution in [3.05, 3.63) is 83.2 Å². The third kappa shape index (κ3) is 6.93. The molecule has 0 aliphatic carbocycles. The zero-order chi connectivity index (χ0) is 23.6. The summed E-state index contributed by atoms with van der Waals surface area (Å²) in [6.07, 6.45) is 13.0. The van der Waals surface area contributed by atoms with E-state index in [2.05, 4.69) is 86.0 Å². The number of hydrogen-bond acceptors (Lipinski definition) is 2. The second kappa shape index (κ2) is 13.1. The van der Waals surface area contributed by atoms with Crippen molar-refractivity contribution in [3.63, 3.8) is 0 Å². The second-order valence-corrected chi connectivity index (χ2v) is 11.4. The van der Waals surface area contributed by atoms with Gasteiger partial charge in [-0.3, -0.25) is 0 Å². The molecule has 2 aromatic carbocycles. The summed E-state index contributed by atoms with van der Waals surface area (Å²) in [4.78, 5) is 4.07. The fourth-order valence-corrected chi connectivity index (χ4v) is 6.44. The molecule has 0 radical (unpaired) electrons. The Bertz CT molecular complexity index is 1020. The molecule has 2 heteroatoms. The molecule has 4 rings (SSSR count). The Kier molecular flexibility index (Phi) is 9.59. The number of rotatable bonds is 13. The lowest BCUT2D eigenvalue weighted by molar-refractivity contribution is 0.667. The first-order chi connectivity index (χ1) is 16.8. The highest BCUT2D eigenvalue weighted by Crippen LogP contribution is 2.39. The van der Waals surface area contributed by atoms with Crippen LogP contribution in [0, 0.1) is 0 Å². The first kappa shape index (κ1) is 24.9. The summed E-state index contributed by atoms with van der Waals surface area (Å²) >= 11 is 3.75. The highest BCUT2D eigenvalue weighted by atomic mass is 32.1. The van der Waals surface area contributed by atoms with E-state index in [9.17, 15) is 0 Å². The summed E-state index contributed by atoms with van der Waals surface area (Å²) in [5.74, 6) is 0. The molecule has 0 saturated heterocycles. The van der Waals surface area contributed by atoms with Gasteiger partial charge in [0.05, 0.1) is 0 Å². The zero-order valence-electron chi connectivity index (χ0n) is 20.8. The first-order valence-corrected chi connectivity index (χ1v) is 14.8. The predicted molar refractivity (Wildman–Crippen MR) is 154 cm³/mol. The minimum atomic E-state index is 1.20. The van der Waals surface area contributed by atoms with Crippen molar-refractivity contribution in [3.8, 4) is 31.3 Å². The van der Waals surface area contributed by atoms with Gasteiger partial charge in [0.1, 0.15) is 0 Å². The van der Waals surface area contributed by atoms with Gasteiger partial charge in [-0.2, -0.15) is 0 Å². The molecule has 2 heterocycles. The quantitative estimate of drug-likeness (QED) is 0.165. The van der Waals surface area contributed by atoms with Crippen LogP contribution in [0.3, 0.4) is 0 Å². The van der Waals surface area contributed by atoms with Crippen molar-refractivity contribution in [2.75, 3.05) is 0 Å². The average molecular weight is 487 g/mol. The topological polar surface area (TPSA) is 0 Å². The van der Waals surface area contributed by atoms with E-state index in [1.165, 1.54) is 107 Å². The van der Waals surface area contributed by atoms with Gasteiger partial charge in [-0.1, -0.05) is 101 Å². The molecule has 34 heavy (non-hydrogen) atoms. The highest BCUT2D eigenvalue weighted by Gasteiger charge is 2.09. The molecule has 2 aromatic heterocycles. The average Bonchev–Trinajstić information content (AvgIpc) is 3.56. The standard InChI is InChI=1S/C32H38S2/c1-3-5-7-9-11-25-13-17-27(18-14-25)30-21-22-31(34-30)29-23-32(33-24-29)28-19-15-26(16-20-28)12-10-8-6-4-2/h13-24H,3-12H2,1-2H3. The van der Waals surface area contributed by atoms with E-state index >= 15 is 0 Å². The van der Waals surface area contributed by atoms with Gasteiger partial charge in [0, 0.05) is 25.6 Å². The molecule has 0 N–H and O–H groups in total. The third-order valence-electron chi connectivity index (χ3n) is 6.60. The Hall–Kier alpha value is -2.16. The Morgan fingerprint density at radius 3 is 1.53 bits per heavy atom. The van der Waals surface area contributed by atoms with Crippen LogP contribution in [0.2, 0.25) is 0 Å². The molecule has 178 valence electrons. The summed E-state index contributed by atoms with van der Waals surface area (Å²) < 4.78 is 0. The van der Waals surface area contributed by atoms with Crippen LogP contribution in [0.25, 0.3) is 31.3 Å². The summed E-state index contributed by atoms with van der Waals surface area (Å²) in [6, 6.07) is 25.4. The largest absolute Gasteiger partial charge is 0.143 e. The minimum Gasteiger partial charge on any atom is -0.143 e.